The van der Waals surface area contributed by atoms with Gasteiger partial charge in [-0.25, -0.2) is 4.57 Å². The van der Waals surface area contributed by atoms with Gasteiger partial charge in [-0.05, 0) is 12.8 Å². The van der Waals surface area contributed by atoms with Crippen LogP contribution in [0.25, 0.3) is 0 Å². The first-order valence-corrected chi connectivity index (χ1v) is 13.3. The van der Waals surface area contributed by atoms with E-state index in [1.54, 1.807) is 0 Å². The minimum atomic E-state index is -4.33. The maximum atomic E-state index is 10.7. The van der Waals surface area contributed by atoms with E-state index >= 15 is 0 Å². The molecule has 0 saturated heterocycles. The van der Waals surface area contributed by atoms with E-state index in [0.717, 1.165) is 11.0 Å². The Labute approximate surface area is 175 Å². The molecule has 0 heterocycles. The molecule has 0 aliphatic heterocycles. The highest BCUT2D eigenvalue weighted by Gasteiger charge is 2.19. The molecule has 0 aliphatic rings. The smallest absolute Gasteiger partial charge is 0.327 e. The second kappa shape index (κ2) is 17.9. The van der Waals surface area contributed by atoms with Crippen LogP contribution in [0.1, 0.15) is 110 Å². The highest BCUT2D eigenvalue weighted by atomic mass is 31.2. The van der Waals surface area contributed by atoms with Gasteiger partial charge in [-0.2, -0.15) is 0 Å². The minimum Gasteiger partial charge on any atom is -0.327 e. The first-order valence-electron chi connectivity index (χ1n) is 11.8. The number of hydrogen-bond acceptors (Lipinski definition) is 2. The summed E-state index contributed by atoms with van der Waals surface area (Å²) in [7, 11) is -0.143. The number of phosphoric ester groups is 1. The molecular formula is C22H49NO4P+. The Kier molecular flexibility index (Phi) is 17.9. The fourth-order valence-corrected chi connectivity index (χ4v) is 3.93. The lowest BCUT2D eigenvalue weighted by atomic mass is 10.0. The van der Waals surface area contributed by atoms with Gasteiger partial charge in [0, 0.05) is 0 Å². The lowest BCUT2D eigenvalue weighted by Gasteiger charge is -2.29. The number of rotatable bonds is 21. The van der Waals surface area contributed by atoms with E-state index in [1.807, 2.05) is 0 Å². The van der Waals surface area contributed by atoms with Gasteiger partial charge < -0.3 is 14.3 Å². The first-order chi connectivity index (χ1) is 13.3. The van der Waals surface area contributed by atoms with E-state index in [0.29, 0.717) is 6.54 Å². The Morgan fingerprint density at radius 2 is 1.00 bits per heavy atom. The number of nitrogens with zero attached hydrogens (tertiary/aromatic N) is 1. The highest BCUT2D eigenvalue weighted by molar-refractivity contribution is 7.46. The topological polar surface area (TPSA) is 66.8 Å². The molecule has 2 N–H and O–H groups in total. The van der Waals surface area contributed by atoms with Gasteiger partial charge >= 0.3 is 7.82 Å². The summed E-state index contributed by atoms with van der Waals surface area (Å²) >= 11 is 0. The first kappa shape index (κ1) is 28.1. The highest BCUT2D eigenvalue weighted by Crippen LogP contribution is 2.35. The maximum Gasteiger partial charge on any atom is 0.469 e. The van der Waals surface area contributed by atoms with Crippen LogP contribution in [-0.2, 0) is 9.09 Å². The zero-order chi connectivity index (χ0) is 21.1. The Hall–Kier alpha value is 0.0700. The third-order valence-corrected chi connectivity index (χ3v) is 6.09. The van der Waals surface area contributed by atoms with Crippen molar-refractivity contribution >= 4 is 7.82 Å². The van der Waals surface area contributed by atoms with Crippen molar-refractivity contribution in [2.24, 2.45) is 0 Å². The van der Waals surface area contributed by atoms with Gasteiger partial charge in [-0.1, -0.05) is 96.8 Å². The van der Waals surface area contributed by atoms with Gasteiger partial charge in [-0.15, -0.1) is 0 Å². The molecule has 170 valence electrons. The SMILES string of the molecule is CCCCCCCCCCCCCCCCCC[N+](C)(C)CCOP(=O)(O)O. The molecule has 0 saturated carbocycles. The number of quaternary nitrogens is 1. The molecule has 0 fully saturated rings. The van der Waals surface area contributed by atoms with Crippen molar-refractivity contribution in [3.63, 3.8) is 0 Å². The summed E-state index contributed by atoms with van der Waals surface area (Å²) in [6, 6.07) is 0. The molecule has 0 spiro atoms. The molecular weight excluding hydrogens is 373 g/mol. The largest absolute Gasteiger partial charge is 0.469 e. The van der Waals surface area contributed by atoms with Gasteiger partial charge in [0.2, 0.25) is 0 Å². The average molecular weight is 423 g/mol. The van der Waals surface area contributed by atoms with Crippen LogP contribution in [0.3, 0.4) is 0 Å². The lowest BCUT2D eigenvalue weighted by molar-refractivity contribution is -0.890. The van der Waals surface area contributed by atoms with E-state index in [1.165, 1.54) is 103 Å². The number of phosphoric acid groups is 1. The zero-order valence-corrected chi connectivity index (χ0v) is 19.9. The molecule has 6 heteroatoms. The van der Waals surface area contributed by atoms with Crippen LogP contribution in [-0.4, -0.2) is 48.1 Å². The predicted molar refractivity (Wildman–Crippen MR) is 119 cm³/mol. The van der Waals surface area contributed by atoms with Crippen LogP contribution in [0.5, 0.6) is 0 Å². The maximum absolute atomic E-state index is 10.7. The second-order valence-corrected chi connectivity index (χ2v) is 10.2. The van der Waals surface area contributed by atoms with Crippen molar-refractivity contribution in [1.82, 2.24) is 0 Å². The van der Waals surface area contributed by atoms with Crippen LogP contribution in [0, 0.1) is 0 Å². The molecule has 0 aliphatic carbocycles. The monoisotopic (exact) mass is 422 g/mol. The molecule has 0 aromatic heterocycles. The fraction of sp³-hybridized carbons (Fsp3) is 1.00. The fourth-order valence-electron chi connectivity index (χ4n) is 3.61. The van der Waals surface area contributed by atoms with Crippen LogP contribution < -0.4 is 0 Å². The minimum absolute atomic E-state index is 0.107. The van der Waals surface area contributed by atoms with Gasteiger partial charge in [-0.3, -0.25) is 4.52 Å². The third-order valence-electron chi connectivity index (χ3n) is 5.57. The van der Waals surface area contributed by atoms with Crippen LogP contribution in [0.4, 0.5) is 0 Å². The summed E-state index contributed by atoms with van der Waals surface area (Å²) < 4.78 is 16.0. The Balaban J connectivity index is 3.29. The zero-order valence-electron chi connectivity index (χ0n) is 19.0. The van der Waals surface area contributed by atoms with Crippen LogP contribution in [0.2, 0.25) is 0 Å². The van der Waals surface area contributed by atoms with Gasteiger partial charge in [0.1, 0.15) is 13.2 Å². The number of likely N-dealkylation sites (N-methyl/N-ethyl adjacent to an activating group) is 1. The predicted octanol–water partition coefficient (Wildman–Crippen LogP) is 6.43. The van der Waals surface area contributed by atoms with Gasteiger partial charge in [0.15, 0.2) is 0 Å². The van der Waals surface area contributed by atoms with E-state index in [2.05, 4.69) is 25.5 Å². The molecule has 28 heavy (non-hydrogen) atoms. The van der Waals surface area contributed by atoms with Gasteiger partial charge in [0.25, 0.3) is 0 Å². The molecule has 0 aromatic rings. The molecule has 5 nitrogen and oxygen atoms in total. The number of unbranched alkanes of at least 4 members (excludes halogenated alkanes) is 15. The average Bonchev–Trinajstić information content (AvgIpc) is 2.60. The van der Waals surface area contributed by atoms with Crippen LogP contribution in [0.15, 0.2) is 0 Å². The standard InChI is InChI=1S/C22H48NO4P/c1-4-5-6-7-8-9-10-11-12-13-14-15-16-17-18-19-20-23(2,3)21-22-27-28(24,25)26/h4-22H2,1-3H3,(H-,24,25,26)/p+1. The number of hydrogen-bond donors (Lipinski definition) is 2. The molecule has 0 radical (unpaired) electrons. The van der Waals surface area contributed by atoms with E-state index < -0.39 is 7.82 Å². The van der Waals surface area contributed by atoms with Crippen molar-refractivity contribution in [1.29, 1.82) is 0 Å². The lowest BCUT2D eigenvalue weighted by Crippen LogP contribution is -2.42. The van der Waals surface area contributed by atoms with E-state index in [9.17, 15) is 4.57 Å². The second-order valence-electron chi connectivity index (χ2n) is 9.01. The molecule has 0 bridgehead atoms. The molecule has 0 atom stereocenters. The normalized spacial score (nSPS) is 12.6. The molecule has 0 amide bonds. The van der Waals surface area contributed by atoms with Crippen LogP contribution >= 0.6 is 7.82 Å². The quantitative estimate of drug-likeness (QED) is 0.127. The molecule has 0 aromatic carbocycles. The summed E-state index contributed by atoms with van der Waals surface area (Å²) in [6.45, 7) is 4.04. The van der Waals surface area contributed by atoms with Crippen molar-refractivity contribution in [2.75, 3.05) is 33.8 Å². The Morgan fingerprint density at radius 3 is 1.36 bits per heavy atom. The molecule has 0 unspecified atom stereocenters. The van der Waals surface area contributed by atoms with Crippen molar-refractivity contribution in [3.8, 4) is 0 Å². The van der Waals surface area contributed by atoms with Crippen molar-refractivity contribution in [3.05, 3.63) is 0 Å². The summed E-state index contributed by atoms with van der Waals surface area (Å²) in [5.74, 6) is 0. The van der Waals surface area contributed by atoms with E-state index in [4.69, 9.17) is 9.79 Å². The van der Waals surface area contributed by atoms with E-state index in [-0.39, 0.29) is 6.61 Å². The summed E-state index contributed by atoms with van der Waals surface area (Å²) in [6.07, 6.45) is 22.0. The van der Waals surface area contributed by atoms with Crippen molar-refractivity contribution in [2.45, 2.75) is 110 Å². The summed E-state index contributed by atoms with van der Waals surface area (Å²) in [5.41, 5.74) is 0. The molecule has 0 rings (SSSR count). The summed E-state index contributed by atoms with van der Waals surface area (Å²) in [5, 5.41) is 0. The van der Waals surface area contributed by atoms with Gasteiger partial charge in [0.05, 0.1) is 20.6 Å². The van der Waals surface area contributed by atoms with Crippen molar-refractivity contribution < 1.29 is 23.4 Å². The Bertz CT molecular complexity index is 385. The summed E-state index contributed by atoms with van der Waals surface area (Å²) in [4.78, 5) is 17.4. The third kappa shape index (κ3) is 22.4. The Morgan fingerprint density at radius 1 is 0.643 bits per heavy atom.